The first-order valence-corrected chi connectivity index (χ1v) is 8.44. The molecular formula is C20H17NO2S. The van der Waals surface area contributed by atoms with Gasteiger partial charge in [0.25, 0.3) is 11.1 Å². The molecule has 1 aliphatic heterocycles. The lowest BCUT2D eigenvalue weighted by Gasteiger charge is -2.12. The van der Waals surface area contributed by atoms with E-state index < -0.39 is 0 Å². The Bertz CT molecular complexity index is 836. The molecule has 2 aromatic carbocycles. The van der Waals surface area contributed by atoms with Crippen molar-refractivity contribution in [2.45, 2.75) is 13.8 Å². The van der Waals surface area contributed by atoms with Crippen LogP contribution < -0.4 is 4.90 Å². The lowest BCUT2D eigenvalue weighted by molar-refractivity contribution is -0.113. The number of carbonyl (C=O) groups excluding carboxylic acids is 2. The molecule has 0 unspecified atom stereocenters. The van der Waals surface area contributed by atoms with Crippen molar-refractivity contribution < 1.29 is 9.59 Å². The van der Waals surface area contributed by atoms with Gasteiger partial charge in [0, 0.05) is 0 Å². The quantitative estimate of drug-likeness (QED) is 0.725. The van der Waals surface area contributed by atoms with Gasteiger partial charge in [0.05, 0.1) is 10.6 Å². The summed E-state index contributed by atoms with van der Waals surface area (Å²) < 4.78 is 0. The SMILES string of the molecule is CC(/C=C1\SC(=O)N(c2ccc(C)cc2)C1=O)=C\c1ccccc1. The van der Waals surface area contributed by atoms with E-state index in [1.807, 2.05) is 62.4 Å². The third-order valence-corrected chi connectivity index (χ3v) is 4.51. The van der Waals surface area contributed by atoms with Gasteiger partial charge in [-0.1, -0.05) is 54.1 Å². The highest BCUT2D eigenvalue weighted by atomic mass is 32.2. The Kier molecular flexibility index (Phi) is 4.67. The molecule has 1 heterocycles. The predicted molar refractivity (Wildman–Crippen MR) is 99.8 cm³/mol. The van der Waals surface area contributed by atoms with Crippen molar-refractivity contribution in [3.05, 3.63) is 82.3 Å². The Morgan fingerprint density at radius 3 is 2.33 bits per heavy atom. The van der Waals surface area contributed by atoms with Crippen molar-refractivity contribution in [3.63, 3.8) is 0 Å². The van der Waals surface area contributed by atoms with Crippen molar-refractivity contribution >= 4 is 34.7 Å². The van der Waals surface area contributed by atoms with Crippen LogP contribution in [0.25, 0.3) is 6.08 Å². The Labute approximate surface area is 145 Å². The Balaban J connectivity index is 1.85. The van der Waals surface area contributed by atoms with Crippen LogP contribution in [-0.2, 0) is 4.79 Å². The van der Waals surface area contributed by atoms with Crippen molar-refractivity contribution in [2.24, 2.45) is 0 Å². The summed E-state index contributed by atoms with van der Waals surface area (Å²) in [6.45, 7) is 3.89. The van der Waals surface area contributed by atoms with Gasteiger partial charge in [-0.3, -0.25) is 9.59 Å². The number of amides is 2. The molecule has 3 rings (SSSR count). The number of hydrogen-bond acceptors (Lipinski definition) is 3. The van der Waals surface area contributed by atoms with E-state index in [2.05, 4.69) is 0 Å². The number of benzene rings is 2. The molecule has 2 amide bonds. The monoisotopic (exact) mass is 335 g/mol. The van der Waals surface area contributed by atoms with Gasteiger partial charge >= 0.3 is 0 Å². The van der Waals surface area contributed by atoms with Crippen LogP contribution in [-0.4, -0.2) is 11.1 Å². The summed E-state index contributed by atoms with van der Waals surface area (Å²) in [4.78, 5) is 26.5. The Hall–Kier alpha value is -2.59. The third-order valence-electron chi connectivity index (χ3n) is 3.64. The second-order valence-electron chi connectivity index (χ2n) is 5.65. The average molecular weight is 335 g/mol. The summed E-state index contributed by atoms with van der Waals surface area (Å²) >= 11 is 0.977. The molecule has 3 nitrogen and oxygen atoms in total. The van der Waals surface area contributed by atoms with Crippen LogP contribution in [0.3, 0.4) is 0 Å². The maximum absolute atomic E-state index is 12.6. The molecule has 120 valence electrons. The van der Waals surface area contributed by atoms with Gasteiger partial charge in [-0.2, -0.15) is 0 Å². The van der Waals surface area contributed by atoms with Crippen molar-refractivity contribution in [2.75, 3.05) is 4.90 Å². The number of rotatable bonds is 3. The van der Waals surface area contributed by atoms with Crippen LogP contribution in [0.1, 0.15) is 18.1 Å². The molecule has 0 N–H and O–H groups in total. The van der Waals surface area contributed by atoms with Crippen molar-refractivity contribution in [1.29, 1.82) is 0 Å². The first kappa shape index (κ1) is 16.3. The van der Waals surface area contributed by atoms with E-state index in [4.69, 9.17) is 0 Å². The molecule has 0 atom stereocenters. The van der Waals surface area contributed by atoms with Crippen LogP contribution in [0, 0.1) is 6.92 Å². The van der Waals surface area contributed by atoms with Crippen LogP contribution in [0.5, 0.6) is 0 Å². The number of nitrogens with zero attached hydrogens (tertiary/aromatic N) is 1. The molecule has 0 saturated carbocycles. The maximum Gasteiger partial charge on any atom is 0.298 e. The van der Waals surface area contributed by atoms with Crippen LogP contribution in [0.4, 0.5) is 10.5 Å². The molecule has 0 bridgehead atoms. The zero-order valence-electron chi connectivity index (χ0n) is 13.5. The molecule has 0 radical (unpaired) electrons. The molecule has 1 saturated heterocycles. The molecule has 24 heavy (non-hydrogen) atoms. The number of thioether (sulfide) groups is 1. The number of hydrogen-bond donors (Lipinski definition) is 0. The fourth-order valence-electron chi connectivity index (χ4n) is 2.44. The number of aryl methyl sites for hydroxylation is 1. The fraction of sp³-hybridized carbons (Fsp3) is 0.100. The van der Waals surface area contributed by atoms with Crippen molar-refractivity contribution in [1.82, 2.24) is 0 Å². The smallest absolute Gasteiger partial charge is 0.268 e. The van der Waals surface area contributed by atoms with Crippen LogP contribution >= 0.6 is 11.8 Å². The molecule has 1 aliphatic rings. The van der Waals surface area contributed by atoms with Gasteiger partial charge in [0.2, 0.25) is 0 Å². The Morgan fingerprint density at radius 1 is 1.00 bits per heavy atom. The second kappa shape index (κ2) is 6.89. The van der Waals surface area contributed by atoms with Gasteiger partial charge in [-0.05, 0) is 55.0 Å². The maximum atomic E-state index is 12.6. The molecule has 0 spiro atoms. The average Bonchev–Trinajstić information content (AvgIpc) is 2.83. The third kappa shape index (κ3) is 3.49. The van der Waals surface area contributed by atoms with Crippen LogP contribution in [0.2, 0.25) is 0 Å². The molecule has 1 fully saturated rings. The predicted octanol–water partition coefficient (Wildman–Crippen LogP) is 5.18. The van der Waals surface area contributed by atoms with Gasteiger partial charge in [0.1, 0.15) is 0 Å². The summed E-state index contributed by atoms with van der Waals surface area (Å²) in [6, 6.07) is 17.2. The summed E-state index contributed by atoms with van der Waals surface area (Å²) in [5.41, 5.74) is 3.68. The Morgan fingerprint density at radius 2 is 1.67 bits per heavy atom. The van der Waals surface area contributed by atoms with Crippen molar-refractivity contribution in [3.8, 4) is 0 Å². The minimum Gasteiger partial charge on any atom is -0.268 e. The summed E-state index contributed by atoms with van der Waals surface area (Å²) in [5.74, 6) is -0.269. The fourth-order valence-corrected chi connectivity index (χ4v) is 3.34. The lowest BCUT2D eigenvalue weighted by atomic mass is 10.1. The number of imide groups is 1. The molecule has 0 aliphatic carbocycles. The molecule has 2 aromatic rings. The number of carbonyl (C=O) groups is 2. The van der Waals surface area contributed by atoms with E-state index in [1.165, 1.54) is 4.90 Å². The highest BCUT2D eigenvalue weighted by molar-refractivity contribution is 8.18. The first-order chi connectivity index (χ1) is 11.5. The summed E-state index contributed by atoms with van der Waals surface area (Å²) in [6.07, 6.45) is 3.76. The van der Waals surface area contributed by atoms with E-state index in [9.17, 15) is 9.59 Å². The van der Waals surface area contributed by atoms with Crippen LogP contribution in [0.15, 0.2) is 71.2 Å². The number of anilines is 1. The minimum absolute atomic E-state index is 0.261. The summed E-state index contributed by atoms with van der Waals surface area (Å²) in [5, 5.41) is -0.261. The highest BCUT2D eigenvalue weighted by Gasteiger charge is 2.36. The van der Waals surface area contributed by atoms with E-state index >= 15 is 0 Å². The van der Waals surface area contributed by atoms with E-state index in [1.54, 1.807) is 18.2 Å². The van der Waals surface area contributed by atoms with Gasteiger partial charge in [-0.25, -0.2) is 4.90 Å². The number of allylic oxidation sites excluding steroid dienone is 2. The largest absolute Gasteiger partial charge is 0.298 e. The normalized spacial score (nSPS) is 17.0. The summed E-state index contributed by atoms with van der Waals surface area (Å²) in [7, 11) is 0. The standard InChI is InChI=1S/C20H17NO2S/c1-14-8-10-17(11-9-14)21-19(22)18(24-20(21)23)13-15(2)12-16-6-4-3-5-7-16/h3-13H,1-2H3/b15-12+,18-13-. The van der Waals surface area contributed by atoms with Gasteiger partial charge in [0.15, 0.2) is 0 Å². The topological polar surface area (TPSA) is 37.4 Å². The molecular weight excluding hydrogens is 318 g/mol. The molecule has 0 aromatic heterocycles. The van der Waals surface area contributed by atoms with E-state index in [-0.39, 0.29) is 11.1 Å². The zero-order chi connectivity index (χ0) is 17.1. The highest BCUT2D eigenvalue weighted by Crippen LogP contribution is 2.35. The van der Waals surface area contributed by atoms with E-state index in [0.717, 1.165) is 28.5 Å². The van der Waals surface area contributed by atoms with Gasteiger partial charge < -0.3 is 0 Å². The molecule has 4 heteroatoms. The first-order valence-electron chi connectivity index (χ1n) is 7.62. The zero-order valence-corrected chi connectivity index (χ0v) is 14.3. The minimum atomic E-state index is -0.269. The van der Waals surface area contributed by atoms with E-state index in [0.29, 0.717) is 10.6 Å². The lowest BCUT2D eigenvalue weighted by Crippen LogP contribution is -2.27. The second-order valence-corrected chi connectivity index (χ2v) is 6.64. The van der Waals surface area contributed by atoms with Gasteiger partial charge in [-0.15, -0.1) is 0 Å².